The molecule has 0 aromatic rings. The Hall–Kier alpha value is -0.255. The van der Waals surface area contributed by atoms with Gasteiger partial charge in [-0.05, 0) is 6.54 Å². The molecule has 0 amide bonds. The minimum absolute atomic E-state index is 0. The van der Waals surface area contributed by atoms with Crippen LogP contribution in [0.2, 0.25) is 0 Å². The third-order valence-corrected chi connectivity index (χ3v) is 0. The Morgan fingerprint density at radius 1 is 1.00 bits per heavy atom. The average Bonchev–Trinajstić information content (AvgIpc) is 0.918. The molecule has 6 heteroatoms. The molecule has 0 aromatic carbocycles. The van der Waals surface area contributed by atoms with Crippen LogP contribution >= 0.6 is 0 Å². The standard InChI is InChI=1S/C2H7N.B.4FH/c1-2-3;;;;;/h2-3H2,1H3;;4*1H. The highest BCUT2D eigenvalue weighted by Crippen LogP contribution is 1.20. The molecule has 0 bridgehead atoms. The van der Waals surface area contributed by atoms with Crippen molar-refractivity contribution in [2.24, 2.45) is 5.73 Å². The molecule has 0 aliphatic heterocycles. The second-order valence-electron chi connectivity index (χ2n) is 0.408. The number of hydrogen-bond donors (Lipinski definition) is 1. The van der Waals surface area contributed by atoms with E-state index in [9.17, 15) is 0 Å². The van der Waals surface area contributed by atoms with Crippen LogP contribution in [0.4, 0.5) is 18.8 Å². The molecule has 1 nitrogen and oxygen atoms in total. The predicted octanol–water partition coefficient (Wildman–Crippen LogP) is 0.194. The Kier molecular flexibility index (Phi) is 5800. The van der Waals surface area contributed by atoms with Gasteiger partial charge in [0.25, 0.3) is 0 Å². The summed E-state index contributed by atoms with van der Waals surface area (Å²) in [5, 5.41) is 0. The predicted molar refractivity (Wildman–Crippen MR) is 30.5 cm³/mol. The summed E-state index contributed by atoms with van der Waals surface area (Å²) < 4.78 is 0. The summed E-state index contributed by atoms with van der Waals surface area (Å²) >= 11 is 0. The van der Waals surface area contributed by atoms with Gasteiger partial charge in [0, 0.05) is 8.41 Å². The largest absolute Gasteiger partial charge is 0.331 e. The Morgan fingerprint density at radius 2 is 1.00 bits per heavy atom. The number of nitrogens with two attached hydrogens (primary N) is 1. The van der Waals surface area contributed by atoms with E-state index in [-0.39, 0.29) is 27.2 Å². The first kappa shape index (κ1) is 116. The minimum atomic E-state index is 0. The number of rotatable bonds is 0. The number of hydrogen-bond acceptors (Lipinski definition) is 1. The lowest BCUT2D eigenvalue weighted by Gasteiger charge is -1.53. The van der Waals surface area contributed by atoms with Gasteiger partial charge in [0.05, 0.1) is 0 Å². The van der Waals surface area contributed by atoms with Gasteiger partial charge in [-0.25, -0.2) is 0 Å². The first-order valence-corrected chi connectivity index (χ1v) is 1.12. The van der Waals surface area contributed by atoms with Crippen molar-refractivity contribution in [3.05, 3.63) is 0 Å². The minimum Gasteiger partial charge on any atom is -0.331 e. The van der Waals surface area contributed by atoms with E-state index >= 15 is 0 Å². The van der Waals surface area contributed by atoms with Crippen molar-refractivity contribution in [1.82, 2.24) is 0 Å². The molecule has 0 heterocycles. The van der Waals surface area contributed by atoms with Gasteiger partial charge in [0.15, 0.2) is 0 Å². The van der Waals surface area contributed by atoms with Crippen molar-refractivity contribution in [1.29, 1.82) is 0 Å². The highest BCUT2D eigenvalue weighted by atomic mass is 19.0. The zero-order valence-electron chi connectivity index (χ0n) is 4.49. The third kappa shape index (κ3) is 1990. The van der Waals surface area contributed by atoms with Crippen molar-refractivity contribution in [3.8, 4) is 0 Å². The summed E-state index contributed by atoms with van der Waals surface area (Å²) in [5.74, 6) is 0. The molecule has 0 saturated carbocycles. The summed E-state index contributed by atoms with van der Waals surface area (Å²) in [6.45, 7) is 2.65. The molecular formula is C2H11BF4N. The molecule has 2 N–H and O–H groups in total. The SMILES string of the molecule is CCN.F.F.F.F.[B]. The molecule has 3 radical (unpaired) electrons. The topological polar surface area (TPSA) is 26.0 Å². The molecule has 0 spiro atoms. The van der Waals surface area contributed by atoms with E-state index in [0.717, 1.165) is 6.54 Å². The van der Waals surface area contributed by atoms with Crippen LogP contribution in [0.3, 0.4) is 0 Å². The van der Waals surface area contributed by atoms with Crippen LogP contribution in [0.5, 0.6) is 0 Å². The highest BCUT2D eigenvalue weighted by molar-refractivity contribution is 5.75. The van der Waals surface area contributed by atoms with E-state index in [1.807, 2.05) is 6.92 Å². The zero-order valence-corrected chi connectivity index (χ0v) is 4.49. The molecule has 0 fully saturated rings. The van der Waals surface area contributed by atoms with Crippen molar-refractivity contribution < 1.29 is 18.8 Å². The molecule has 0 aliphatic carbocycles. The Morgan fingerprint density at radius 3 is 1.00 bits per heavy atom. The molecular weight excluding hydrogens is 125 g/mol. The third-order valence-electron chi connectivity index (χ3n) is 0. The lowest BCUT2D eigenvalue weighted by Crippen LogP contribution is -1.87. The van der Waals surface area contributed by atoms with Gasteiger partial charge in [-0.2, -0.15) is 0 Å². The van der Waals surface area contributed by atoms with Crippen molar-refractivity contribution in [2.45, 2.75) is 6.92 Å². The Bertz CT molecular complexity index is 14.0. The van der Waals surface area contributed by atoms with E-state index < -0.39 is 0 Å². The molecule has 8 heavy (non-hydrogen) atoms. The number of halogens is 4. The fourth-order valence-corrected chi connectivity index (χ4v) is 0. The van der Waals surface area contributed by atoms with Gasteiger partial charge in [-0.15, -0.1) is 0 Å². The van der Waals surface area contributed by atoms with Gasteiger partial charge in [0.1, 0.15) is 0 Å². The molecule has 0 aromatic heterocycles. The van der Waals surface area contributed by atoms with E-state index in [0.29, 0.717) is 0 Å². The van der Waals surface area contributed by atoms with Crippen molar-refractivity contribution >= 4 is 8.41 Å². The first-order chi connectivity index (χ1) is 1.41. The van der Waals surface area contributed by atoms with Crippen molar-refractivity contribution in [2.75, 3.05) is 6.54 Å². The highest BCUT2D eigenvalue weighted by Gasteiger charge is 1.32. The quantitative estimate of drug-likeness (QED) is 0.373. The van der Waals surface area contributed by atoms with Gasteiger partial charge in [0.2, 0.25) is 0 Å². The van der Waals surface area contributed by atoms with Crippen LogP contribution in [0.1, 0.15) is 6.92 Å². The summed E-state index contributed by atoms with van der Waals surface area (Å²) in [7, 11) is 0. The van der Waals surface area contributed by atoms with Crippen LogP contribution in [-0.4, -0.2) is 15.0 Å². The van der Waals surface area contributed by atoms with Crippen LogP contribution in [0.25, 0.3) is 0 Å². The maximum absolute atomic E-state index is 4.85. The van der Waals surface area contributed by atoms with Crippen molar-refractivity contribution in [3.63, 3.8) is 0 Å². The van der Waals surface area contributed by atoms with E-state index in [1.54, 1.807) is 0 Å². The summed E-state index contributed by atoms with van der Waals surface area (Å²) in [6, 6.07) is 0. The lowest BCUT2D eigenvalue weighted by atomic mass is 10.8. The molecule has 55 valence electrons. The van der Waals surface area contributed by atoms with E-state index in [2.05, 4.69) is 0 Å². The second-order valence-corrected chi connectivity index (χ2v) is 0.408. The first-order valence-electron chi connectivity index (χ1n) is 1.12. The molecule has 0 aliphatic rings. The molecule has 0 saturated heterocycles. The van der Waals surface area contributed by atoms with Crippen LogP contribution in [0, 0.1) is 0 Å². The zero-order chi connectivity index (χ0) is 2.71. The van der Waals surface area contributed by atoms with Gasteiger partial charge < -0.3 is 5.73 Å². The molecule has 0 rings (SSSR count). The van der Waals surface area contributed by atoms with E-state index in [4.69, 9.17) is 5.73 Å². The maximum atomic E-state index is 4.85. The smallest absolute Gasteiger partial charge is 0 e. The van der Waals surface area contributed by atoms with Crippen LogP contribution in [0.15, 0.2) is 0 Å². The summed E-state index contributed by atoms with van der Waals surface area (Å²) in [5.41, 5.74) is 4.85. The summed E-state index contributed by atoms with van der Waals surface area (Å²) in [6.07, 6.45) is 0. The maximum Gasteiger partial charge on any atom is 0 e. The normalized spacial score (nSPS) is 2.25. The monoisotopic (exact) mass is 136 g/mol. The van der Waals surface area contributed by atoms with Gasteiger partial charge in [-0.1, -0.05) is 6.92 Å². The van der Waals surface area contributed by atoms with Gasteiger partial charge >= 0.3 is 0 Å². The van der Waals surface area contributed by atoms with Crippen LogP contribution in [-0.2, 0) is 0 Å². The van der Waals surface area contributed by atoms with Crippen LogP contribution < -0.4 is 5.73 Å². The van der Waals surface area contributed by atoms with E-state index in [1.165, 1.54) is 0 Å². The lowest BCUT2D eigenvalue weighted by molar-refractivity contribution is 1.11. The fraction of sp³-hybridized carbons (Fsp3) is 1.00. The summed E-state index contributed by atoms with van der Waals surface area (Å²) in [4.78, 5) is 0. The average molecular weight is 136 g/mol. The van der Waals surface area contributed by atoms with Gasteiger partial charge in [-0.3, -0.25) is 18.8 Å². The molecule has 0 atom stereocenters. The Balaban J connectivity index is -0.00000000200. The Labute approximate surface area is 47.7 Å². The molecule has 0 unspecified atom stereocenters. The second kappa shape index (κ2) is 401. The fourth-order valence-electron chi connectivity index (χ4n) is 0.